The molecular formula is C14H16ClN3OS. The maximum absolute atomic E-state index is 11.9. The summed E-state index contributed by atoms with van der Waals surface area (Å²) < 4.78 is 0. The third kappa shape index (κ3) is 4.28. The van der Waals surface area contributed by atoms with Crippen LogP contribution in [0, 0.1) is 0 Å². The summed E-state index contributed by atoms with van der Waals surface area (Å²) in [7, 11) is 0. The molecule has 0 radical (unpaired) electrons. The summed E-state index contributed by atoms with van der Waals surface area (Å²) in [6.07, 6.45) is 3.36. The maximum Gasteiger partial charge on any atom is 0.230 e. The first-order chi connectivity index (χ1) is 9.69. The number of nitrogens with one attached hydrogen (secondary N) is 1. The van der Waals surface area contributed by atoms with Gasteiger partial charge in [-0.2, -0.15) is 0 Å². The lowest BCUT2D eigenvalue weighted by molar-refractivity contribution is -0.115. The predicted octanol–water partition coefficient (Wildman–Crippen LogP) is 3.72. The Bertz CT molecular complexity index is 585. The van der Waals surface area contributed by atoms with Gasteiger partial charge in [-0.25, -0.2) is 0 Å². The molecule has 0 bridgehead atoms. The minimum absolute atomic E-state index is 0.128. The highest BCUT2D eigenvalue weighted by atomic mass is 35.5. The van der Waals surface area contributed by atoms with Crippen LogP contribution in [-0.2, 0) is 17.6 Å². The van der Waals surface area contributed by atoms with E-state index in [1.54, 1.807) is 6.07 Å². The predicted molar refractivity (Wildman–Crippen MR) is 82.3 cm³/mol. The summed E-state index contributed by atoms with van der Waals surface area (Å²) in [5.74, 6) is -0.128. The minimum atomic E-state index is -0.128. The first-order valence-electron chi connectivity index (χ1n) is 6.54. The average molecular weight is 310 g/mol. The van der Waals surface area contributed by atoms with Crippen molar-refractivity contribution in [3.63, 3.8) is 0 Å². The summed E-state index contributed by atoms with van der Waals surface area (Å²) in [6, 6.07) is 7.32. The number of amides is 1. The molecule has 0 aliphatic rings. The van der Waals surface area contributed by atoms with E-state index in [9.17, 15) is 4.79 Å². The van der Waals surface area contributed by atoms with Gasteiger partial charge in [0.2, 0.25) is 11.0 Å². The normalized spacial score (nSPS) is 10.5. The molecule has 0 aliphatic heterocycles. The Morgan fingerprint density at radius 1 is 1.35 bits per heavy atom. The topological polar surface area (TPSA) is 54.9 Å². The molecule has 0 saturated heterocycles. The smallest absolute Gasteiger partial charge is 0.230 e. The quantitative estimate of drug-likeness (QED) is 0.885. The molecule has 1 N–H and O–H groups in total. The lowest BCUT2D eigenvalue weighted by atomic mass is 10.1. The average Bonchev–Trinajstić information content (AvgIpc) is 2.86. The van der Waals surface area contributed by atoms with Gasteiger partial charge >= 0.3 is 0 Å². The highest BCUT2D eigenvalue weighted by Crippen LogP contribution is 2.19. The SMILES string of the molecule is CCCCc1nnc(NC(=O)Cc2ccccc2Cl)s1. The van der Waals surface area contributed by atoms with E-state index in [2.05, 4.69) is 22.4 Å². The second-order valence-electron chi connectivity index (χ2n) is 4.42. The number of aryl methyl sites for hydroxylation is 1. The Morgan fingerprint density at radius 2 is 2.15 bits per heavy atom. The fourth-order valence-electron chi connectivity index (χ4n) is 1.71. The van der Waals surface area contributed by atoms with Crippen LogP contribution in [0.3, 0.4) is 0 Å². The molecule has 6 heteroatoms. The van der Waals surface area contributed by atoms with Crippen LogP contribution in [0.2, 0.25) is 5.02 Å². The van der Waals surface area contributed by atoms with Gasteiger partial charge in [-0.3, -0.25) is 4.79 Å². The van der Waals surface area contributed by atoms with Gasteiger partial charge < -0.3 is 5.32 Å². The van der Waals surface area contributed by atoms with E-state index < -0.39 is 0 Å². The molecule has 1 aromatic heterocycles. The summed E-state index contributed by atoms with van der Waals surface area (Å²) >= 11 is 7.46. The molecular weight excluding hydrogens is 294 g/mol. The molecule has 106 valence electrons. The van der Waals surface area contributed by atoms with E-state index in [-0.39, 0.29) is 12.3 Å². The number of unbranched alkanes of at least 4 members (excludes halogenated alkanes) is 1. The van der Waals surface area contributed by atoms with Gasteiger partial charge in [-0.1, -0.05) is 54.5 Å². The van der Waals surface area contributed by atoms with E-state index in [1.165, 1.54) is 11.3 Å². The Balaban J connectivity index is 1.91. The van der Waals surface area contributed by atoms with E-state index in [0.717, 1.165) is 29.8 Å². The van der Waals surface area contributed by atoms with Crippen molar-refractivity contribution in [2.24, 2.45) is 0 Å². The number of hydrogen-bond donors (Lipinski definition) is 1. The molecule has 1 heterocycles. The van der Waals surface area contributed by atoms with Crippen molar-refractivity contribution in [2.45, 2.75) is 32.6 Å². The Labute approximate surface area is 127 Å². The Kier molecular flexibility index (Phi) is 5.49. The molecule has 0 aliphatic carbocycles. The van der Waals surface area contributed by atoms with Crippen LogP contribution in [0.25, 0.3) is 0 Å². The lowest BCUT2D eigenvalue weighted by Crippen LogP contribution is -2.14. The zero-order chi connectivity index (χ0) is 14.4. The Morgan fingerprint density at radius 3 is 2.90 bits per heavy atom. The fraction of sp³-hybridized carbons (Fsp3) is 0.357. The van der Waals surface area contributed by atoms with Gasteiger partial charge in [0.15, 0.2) is 0 Å². The maximum atomic E-state index is 11.9. The van der Waals surface area contributed by atoms with Gasteiger partial charge in [-0.05, 0) is 18.1 Å². The standard InChI is InChI=1S/C14H16ClN3OS/c1-2-3-8-13-17-18-14(20-13)16-12(19)9-10-6-4-5-7-11(10)15/h4-7H,2-3,8-9H2,1H3,(H,16,18,19). The number of carbonyl (C=O) groups is 1. The molecule has 0 saturated carbocycles. The van der Waals surface area contributed by atoms with E-state index >= 15 is 0 Å². The van der Waals surface area contributed by atoms with Gasteiger partial charge in [-0.15, -0.1) is 10.2 Å². The van der Waals surface area contributed by atoms with Crippen molar-refractivity contribution >= 4 is 34.0 Å². The van der Waals surface area contributed by atoms with E-state index in [4.69, 9.17) is 11.6 Å². The number of aromatic nitrogens is 2. The molecule has 2 aromatic rings. The molecule has 4 nitrogen and oxygen atoms in total. The largest absolute Gasteiger partial charge is 0.300 e. The first kappa shape index (κ1) is 14.9. The van der Waals surface area contributed by atoms with Gasteiger partial charge in [0.1, 0.15) is 5.01 Å². The van der Waals surface area contributed by atoms with Crippen LogP contribution in [0.15, 0.2) is 24.3 Å². The zero-order valence-corrected chi connectivity index (χ0v) is 12.8. The Hall–Kier alpha value is -1.46. The number of hydrogen-bond acceptors (Lipinski definition) is 4. The summed E-state index contributed by atoms with van der Waals surface area (Å²) in [6.45, 7) is 2.13. The third-order valence-corrected chi connectivity index (χ3v) is 4.03. The van der Waals surface area contributed by atoms with Crippen LogP contribution in [-0.4, -0.2) is 16.1 Å². The van der Waals surface area contributed by atoms with Crippen molar-refractivity contribution in [3.8, 4) is 0 Å². The van der Waals surface area contributed by atoms with Gasteiger partial charge in [0, 0.05) is 11.4 Å². The van der Waals surface area contributed by atoms with Crippen molar-refractivity contribution in [1.82, 2.24) is 10.2 Å². The number of rotatable bonds is 6. The number of halogens is 1. The van der Waals surface area contributed by atoms with Crippen molar-refractivity contribution < 1.29 is 4.79 Å². The molecule has 2 rings (SSSR count). The molecule has 1 amide bonds. The minimum Gasteiger partial charge on any atom is -0.300 e. The second kappa shape index (κ2) is 7.36. The van der Waals surface area contributed by atoms with Crippen molar-refractivity contribution in [1.29, 1.82) is 0 Å². The highest BCUT2D eigenvalue weighted by molar-refractivity contribution is 7.15. The van der Waals surface area contributed by atoms with Crippen LogP contribution in [0.5, 0.6) is 0 Å². The van der Waals surface area contributed by atoms with Crippen LogP contribution >= 0.6 is 22.9 Å². The highest BCUT2D eigenvalue weighted by Gasteiger charge is 2.10. The number of nitrogens with zero attached hydrogens (tertiary/aromatic N) is 2. The van der Waals surface area contributed by atoms with Gasteiger partial charge in [0.05, 0.1) is 6.42 Å². The van der Waals surface area contributed by atoms with E-state index in [0.29, 0.717) is 10.2 Å². The third-order valence-electron chi connectivity index (χ3n) is 2.77. The first-order valence-corrected chi connectivity index (χ1v) is 7.74. The molecule has 0 fully saturated rings. The van der Waals surface area contributed by atoms with Crippen LogP contribution < -0.4 is 5.32 Å². The molecule has 0 spiro atoms. The van der Waals surface area contributed by atoms with Crippen LogP contribution in [0.4, 0.5) is 5.13 Å². The van der Waals surface area contributed by atoms with Crippen molar-refractivity contribution in [2.75, 3.05) is 5.32 Å². The molecule has 0 atom stereocenters. The monoisotopic (exact) mass is 309 g/mol. The number of carbonyl (C=O) groups excluding carboxylic acids is 1. The number of anilines is 1. The number of benzene rings is 1. The second-order valence-corrected chi connectivity index (χ2v) is 5.89. The summed E-state index contributed by atoms with van der Waals surface area (Å²) in [5.41, 5.74) is 0.808. The summed E-state index contributed by atoms with van der Waals surface area (Å²) in [5, 5.41) is 12.9. The summed E-state index contributed by atoms with van der Waals surface area (Å²) in [4.78, 5) is 11.9. The van der Waals surface area contributed by atoms with Crippen LogP contribution in [0.1, 0.15) is 30.3 Å². The van der Waals surface area contributed by atoms with Crippen molar-refractivity contribution in [3.05, 3.63) is 39.9 Å². The zero-order valence-electron chi connectivity index (χ0n) is 11.2. The lowest BCUT2D eigenvalue weighted by Gasteiger charge is -2.03. The van der Waals surface area contributed by atoms with Gasteiger partial charge in [0.25, 0.3) is 0 Å². The van der Waals surface area contributed by atoms with E-state index in [1.807, 2.05) is 18.2 Å². The fourth-order valence-corrected chi connectivity index (χ4v) is 2.71. The molecule has 1 aromatic carbocycles. The molecule has 20 heavy (non-hydrogen) atoms. The molecule has 0 unspecified atom stereocenters.